The van der Waals surface area contributed by atoms with Crippen LogP contribution in [-0.2, 0) is 0 Å². The summed E-state index contributed by atoms with van der Waals surface area (Å²) >= 11 is 0. The van der Waals surface area contributed by atoms with E-state index in [4.69, 9.17) is 5.11 Å². The number of aliphatic hydroxyl groups is 1. The molecule has 13 heavy (non-hydrogen) atoms. The lowest BCUT2D eigenvalue weighted by molar-refractivity contribution is 0.269. The van der Waals surface area contributed by atoms with Gasteiger partial charge in [0.25, 0.3) is 0 Å². The summed E-state index contributed by atoms with van der Waals surface area (Å²) in [6.07, 6.45) is 0. The highest BCUT2D eigenvalue weighted by Gasteiger charge is 2.06. The molecule has 2 heteroatoms. The van der Waals surface area contributed by atoms with Crippen molar-refractivity contribution in [1.29, 1.82) is 0 Å². The maximum Gasteiger partial charge on any atom is 0.0978 e. The zero-order valence-electron chi connectivity index (χ0n) is 8.07. The molecule has 0 aliphatic rings. The lowest BCUT2D eigenvalue weighted by atomic mass is 10.1. The van der Waals surface area contributed by atoms with Crippen molar-refractivity contribution < 1.29 is 5.11 Å². The Bertz CT molecular complexity index is 275. The van der Waals surface area contributed by atoms with Crippen LogP contribution in [-0.4, -0.2) is 17.4 Å². The SMILES string of the molecule is CC(C)=N[C@@H](CO)c1ccccc1. The van der Waals surface area contributed by atoms with Crippen molar-refractivity contribution in [3.8, 4) is 0 Å². The summed E-state index contributed by atoms with van der Waals surface area (Å²) in [6, 6.07) is 9.73. The molecule has 1 atom stereocenters. The van der Waals surface area contributed by atoms with Gasteiger partial charge < -0.3 is 5.11 Å². The lowest BCUT2D eigenvalue weighted by Crippen LogP contribution is -2.02. The summed E-state index contributed by atoms with van der Waals surface area (Å²) in [5.41, 5.74) is 2.05. The molecule has 1 aromatic rings. The summed E-state index contributed by atoms with van der Waals surface area (Å²) in [4.78, 5) is 4.33. The molecule has 0 spiro atoms. The molecule has 0 amide bonds. The van der Waals surface area contributed by atoms with Crippen molar-refractivity contribution >= 4 is 5.71 Å². The van der Waals surface area contributed by atoms with Crippen molar-refractivity contribution in [2.24, 2.45) is 4.99 Å². The van der Waals surface area contributed by atoms with Gasteiger partial charge in [-0.3, -0.25) is 4.99 Å². The summed E-state index contributed by atoms with van der Waals surface area (Å²) in [7, 11) is 0. The zero-order valence-corrected chi connectivity index (χ0v) is 8.07. The van der Waals surface area contributed by atoms with E-state index in [9.17, 15) is 0 Å². The Hall–Kier alpha value is -1.15. The Labute approximate surface area is 78.9 Å². The average molecular weight is 177 g/mol. The Morgan fingerprint density at radius 3 is 2.38 bits per heavy atom. The van der Waals surface area contributed by atoms with Crippen molar-refractivity contribution in [3.63, 3.8) is 0 Å². The Kier molecular flexibility index (Phi) is 3.65. The van der Waals surface area contributed by atoms with Gasteiger partial charge in [0.1, 0.15) is 0 Å². The van der Waals surface area contributed by atoms with Gasteiger partial charge in [-0.1, -0.05) is 30.3 Å². The van der Waals surface area contributed by atoms with Crippen LogP contribution in [0.1, 0.15) is 25.5 Å². The highest BCUT2D eigenvalue weighted by atomic mass is 16.3. The first kappa shape index (κ1) is 9.93. The first-order valence-electron chi connectivity index (χ1n) is 4.41. The molecule has 1 N–H and O–H groups in total. The predicted molar refractivity (Wildman–Crippen MR) is 55.1 cm³/mol. The molecule has 0 saturated carbocycles. The fraction of sp³-hybridized carbons (Fsp3) is 0.364. The maximum atomic E-state index is 9.12. The summed E-state index contributed by atoms with van der Waals surface area (Å²) in [6.45, 7) is 3.94. The second-order valence-electron chi connectivity index (χ2n) is 3.19. The first-order valence-corrected chi connectivity index (χ1v) is 4.41. The van der Waals surface area contributed by atoms with E-state index in [-0.39, 0.29) is 12.6 Å². The number of rotatable bonds is 3. The minimum Gasteiger partial charge on any atom is -0.394 e. The van der Waals surface area contributed by atoms with Gasteiger partial charge in [0.2, 0.25) is 0 Å². The largest absolute Gasteiger partial charge is 0.394 e. The number of hydrogen-bond acceptors (Lipinski definition) is 2. The molecule has 0 heterocycles. The highest BCUT2D eigenvalue weighted by Crippen LogP contribution is 2.16. The van der Waals surface area contributed by atoms with Crippen LogP contribution >= 0.6 is 0 Å². The third-order valence-electron chi connectivity index (χ3n) is 1.77. The Balaban J connectivity index is 2.85. The minimum absolute atomic E-state index is 0.0647. The number of nitrogens with zero attached hydrogens (tertiary/aromatic N) is 1. The van der Waals surface area contributed by atoms with Crippen LogP contribution in [0.25, 0.3) is 0 Å². The molecule has 0 fully saturated rings. The van der Waals surface area contributed by atoms with E-state index in [0.29, 0.717) is 0 Å². The van der Waals surface area contributed by atoms with E-state index < -0.39 is 0 Å². The van der Waals surface area contributed by atoms with Crippen LogP contribution in [0, 0.1) is 0 Å². The maximum absolute atomic E-state index is 9.12. The monoisotopic (exact) mass is 177 g/mol. The van der Waals surface area contributed by atoms with Crippen LogP contribution in [0.15, 0.2) is 35.3 Å². The van der Waals surface area contributed by atoms with Crippen molar-refractivity contribution in [3.05, 3.63) is 35.9 Å². The van der Waals surface area contributed by atoms with E-state index >= 15 is 0 Å². The fourth-order valence-electron chi connectivity index (χ4n) is 1.21. The molecular weight excluding hydrogens is 162 g/mol. The Morgan fingerprint density at radius 1 is 1.31 bits per heavy atom. The number of hydrogen-bond donors (Lipinski definition) is 1. The molecule has 0 radical (unpaired) electrons. The predicted octanol–water partition coefficient (Wildman–Crippen LogP) is 2.20. The van der Waals surface area contributed by atoms with Crippen LogP contribution in [0.4, 0.5) is 0 Å². The van der Waals surface area contributed by atoms with Gasteiger partial charge in [-0.25, -0.2) is 0 Å². The van der Waals surface area contributed by atoms with Gasteiger partial charge in [-0.15, -0.1) is 0 Å². The van der Waals surface area contributed by atoms with Gasteiger partial charge in [-0.2, -0.15) is 0 Å². The first-order chi connectivity index (χ1) is 6.24. The van der Waals surface area contributed by atoms with E-state index in [1.807, 2.05) is 44.2 Å². The summed E-state index contributed by atoms with van der Waals surface area (Å²) < 4.78 is 0. The molecule has 0 aromatic heterocycles. The lowest BCUT2D eigenvalue weighted by Gasteiger charge is -2.09. The van der Waals surface area contributed by atoms with Gasteiger partial charge in [-0.05, 0) is 19.4 Å². The second kappa shape index (κ2) is 4.77. The van der Waals surface area contributed by atoms with Gasteiger partial charge in [0, 0.05) is 5.71 Å². The molecule has 1 rings (SSSR count). The quantitative estimate of drug-likeness (QED) is 0.705. The fourth-order valence-corrected chi connectivity index (χ4v) is 1.21. The molecule has 0 aliphatic carbocycles. The third-order valence-corrected chi connectivity index (χ3v) is 1.77. The van der Waals surface area contributed by atoms with Crippen LogP contribution < -0.4 is 0 Å². The molecule has 0 bridgehead atoms. The van der Waals surface area contributed by atoms with E-state index in [1.165, 1.54) is 0 Å². The molecular formula is C11H15NO. The van der Waals surface area contributed by atoms with E-state index in [1.54, 1.807) is 0 Å². The standard InChI is InChI=1S/C11H15NO/c1-9(2)12-11(8-13)10-6-4-3-5-7-10/h3-7,11,13H,8H2,1-2H3/t11-/m0/s1. The number of aliphatic hydroxyl groups excluding tert-OH is 1. The summed E-state index contributed by atoms with van der Waals surface area (Å²) in [5, 5.41) is 9.12. The van der Waals surface area contributed by atoms with E-state index in [0.717, 1.165) is 11.3 Å². The Morgan fingerprint density at radius 2 is 1.92 bits per heavy atom. The molecule has 0 saturated heterocycles. The number of benzene rings is 1. The van der Waals surface area contributed by atoms with Crippen molar-refractivity contribution in [2.45, 2.75) is 19.9 Å². The van der Waals surface area contributed by atoms with Crippen molar-refractivity contribution in [1.82, 2.24) is 0 Å². The van der Waals surface area contributed by atoms with Gasteiger partial charge >= 0.3 is 0 Å². The molecule has 2 nitrogen and oxygen atoms in total. The van der Waals surface area contributed by atoms with Crippen molar-refractivity contribution in [2.75, 3.05) is 6.61 Å². The van der Waals surface area contributed by atoms with Crippen LogP contribution in [0.3, 0.4) is 0 Å². The minimum atomic E-state index is -0.105. The van der Waals surface area contributed by atoms with Crippen LogP contribution in [0.5, 0.6) is 0 Å². The average Bonchev–Trinajstić information content (AvgIpc) is 2.15. The molecule has 1 aromatic carbocycles. The molecule has 0 unspecified atom stereocenters. The molecule has 70 valence electrons. The van der Waals surface area contributed by atoms with Gasteiger partial charge in [0.05, 0.1) is 12.6 Å². The zero-order chi connectivity index (χ0) is 9.68. The normalized spacial score (nSPS) is 12.2. The topological polar surface area (TPSA) is 32.6 Å². The second-order valence-corrected chi connectivity index (χ2v) is 3.19. The van der Waals surface area contributed by atoms with Gasteiger partial charge in [0.15, 0.2) is 0 Å². The smallest absolute Gasteiger partial charge is 0.0978 e. The third kappa shape index (κ3) is 2.99. The highest BCUT2D eigenvalue weighted by molar-refractivity contribution is 5.79. The molecule has 0 aliphatic heterocycles. The summed E-state index contributed by atoms with van der Waals surface area (Å²) in [5.74, 6) is 0. The van der Waals surface area contributed by atoms with Crippen LogP contribution in [0.2, 0.25) is 0 Å². The van der Waals surface area contributed by atoms with E-state index in [2.05, 4.69) is 4.99 Å². The number of aliphatic imine (C=N–C) groups is 1.